The van der Waals surface area contributed by atoms with Gasteiger partial charge in [-0.05, 0) is 75.0 Å². The van der Waals surface area contributed by atoms with Crippen molar-refractivity contribution in [2.24, 2.45) is 5.92 Å². The Morgan fingerprint density at radius 3 is 2.71 bits per heavy atom. The van der Waals surface area contributed by atoms with Crippen molar-refractivity contribution >= 4 is 5.91 Å². The summed E-state index contributed by atoms with van der Waals surface area (Å²) < 4.78 is 11.5. The molecule has 0 unspecified atom stereocenters. The van der Waals surface area contributed by atoms with E-state index in [1.807, 2.05) is 30.3 Å². The predicted molar refractivity (Wildman–Crippen MR) is 123 cm³/mol. The molecule has 4 rings (SSSR count). The van der Waals surface area contributed by atoms with Gasteiger partial charge in [-0.2, -0.15) is 0 Å². The molecule has 2 aromatic carbocycles. The molecule has 5 heteroatoms. The molecule has 0 spiro atoms. The van der Waals surface area contributed by atoms with Crippen molar-refractivity contribution in [3.63, 3.8) is 0 Å². The number of piperidine rings is 1. The van der Waals surface area contributed by atoms with Gasteiger partial charge in [0.25, 0.3) is 5.91 Å². The number of rotatable bonds is 5. The molecule has 0 radical (unpaired) electrons. The van der Waals surface area contributed by atoms with Gasteiger partial charge in [0.05, 0.1) is 13.2 Å². The van der Waals surface area contributed by atoms with Gasteiger partial charge in [0.15, 0.2) is 0 Å². The van der Waals surface area contributed by atoms with Gasteiger partial charge in [-0.15, -0.1) is 0 Å². The number of methoxy groups -OCH3 is 1. The van der Waals surface area contributed by atoms with Crippen molar-refractivity contribution in [2.75, 3.05) is 20.2 Å². The van der Waals surface area contributed by atoms with E-state index in [4.69, 9.17) is 9.47 Å². The van der Waals surface area contributed by atoms with Crippen LogP contribution in [0.1, 0.15) is 67.6 Å². The Hall–Kier alpha value is -2.53. The number of nitrogens with zero attached hydrogens (tertiary/aromatic N) is 1. The van der Waals surface area contributed by atoms with E-state index in [0.717, 1.165) is 42.6 Å². The SMILES string of the molecule is COc1ccc2c(c1)[C@H](NC(=O)c1ccc(CN3CCC[C@H](C)C3)cc1)CC(C)(C)O2. The van der Waals surface area contributed by atoms with E-state index in [1.54, 1.807) is 7.11 Å². The molecule has 0 aliphatic carbocycles. The van der Waals surface area contributed by atoms with Gasteiger partial charge in [-0.25, -0.2) is 0 Å². The van der Waals surface area contributed by atoms with Crippen LogP contribution in [0.3, 0.4) is 0 Å². The number of carbonyl (C=O) groups excluding carboxylic acids is 1. The quantitative estimate of drug-likeness (QED) is 0.740. The van der Waals surface area contributed by atoms with Crippen LogP contribution in [0, 0.1) is 5.92 Å². The van der Waals surface area contributed by atoms with Crippen molar-refractivity contribution in [1.29, 1.82) is 0 Å². The van der Waals surface area contributed by atoms with Crippen LogP contribution in [0.4, 0.5) is 0 Å². The number of likely N-dealkylation sites (tertiary alicyclic amines) is 1. The molecular formula is C26H34N2O3. The van der Waals surface area contributed by atoms with Crippen molar-refractivity contribution in [3.05, 3.63) is 59.2 Å². The number of hydrogen-bond acceptors (Lipinski definition) is 4. The Balaban J connectivity index is 1.45. The molecule has 2 atom stereocenters. The maximum atomic E-state index is 13.0. The highest BCUT2D eigenvalue weighted by atomic mass is 16.5. The first-order valence-corrected chi connectivity index (χ1v) is 11.3. The highest BCUT2D eigenvalue weighted by Crippen LogP contribution is 2.41. The fourth-order valence-corrected chi connectivity index (χ4v) is 4.78. The van der Waals surface area contributed by atoms with Crippen molar-refractivity contribution in [2.45, 2.75) is 58.2 Å². The Morgan fingerprint density at radius 2 is 2.00 bits per heavy atom. The zero-order valence-corrected chi connectivity index (χ0v) is 19.1. The van der Waals surface area contributed by atoms with E-state index in [9.17, 15) is 4.79 Å². The third-order valence-corrected chi connectivity index (χ3v) is 6.34. The fraction of sp³-hybridized carbons (Fsp3) is 0.500. The number of carbonyl (C=O) groups is 1. The van der Waals surface area contributed by atoms with Gasteiger partial charge in [0, 0.05) is 30.6 Å². The molecule has 31 heavy (non-hydrogen) atoms. The lowest BCUT2D eigenvalue weighted by Crippen LogP contribution is -2.41. The van der Waals surface area contributed by atoms with E-state index < -0.39 is 0 Å². The summed E-state index contributed by atoms with van der Waals surface area (Å²) in [7, 11) is 1.65. The third-order valence-electron chi connectivity index (χ3n) is 6.34. The van der Waals surface area contributed by atoms with E-state index >= 15 is 0 Å². The number of benzene rings is 2. The van der Waals surface area contributed by atoms with Gasteiger partial charge in [0.2, 0.25) is 0 Å². The summed E-state index contributed by atoms with van der Waals surface area (Å²) in [6.45, 7) is 9.70. The van der Waals surface area contributed by atoms with Crippen molar-refractivity contribution in [1.82, 2.24) is 10.2 Å². The molecule has 2 aromatic rings. The molecule has 1 saturated heterocycles. The van der Waals surface area contributed by atoms with Gasteiger partial charge >= 0.3 is 0 Å². The number of ether oxygens (including phenoxy) is 2. The minimum absolute atomic E-state index is 0.0605. The van der Waals surface area contributed by atoms with Crippen LogP contribution in [0.2, 0.25) is 0 Å². The summed E-state index contributed by atoms with van der Waals surface area (Å²) in [6, 6.07) is 13.7. The summed E-state index contributed by atoms with van der Waals surface area (Å²) in [6.07, 6.45) is 3.30. The number of hydrogen-bond donors (Lipinski definition) is 1. The maximum absolute atomic E-state index is 13.0. The Morgan fingerprint density at radius 1 is 1.23 bits per heavy atom. The molecule has 2 aliphatic heterocycles. The van der Waals surface area contributed by atoms with Crippen LogP contribution < -0.4 is 14.8 Å². The van der Waals surface area contributed by atoms with Crippen LogP contribution in [-0.2, 0) is 6.54 Å². The monoisotopic (exact) mass is 422 g/mol. The van der Waals surface area contributed by atoms with Crippen LogP contribution >= 0.6 is 0 Å². The van der Waals surface area contributed by atoms with Crippen LogP contribution in [0.15, 0.2) is 42.5 Å². The van der Waals surface area contributed by atoms with E-state index in [0.29, 0.717) is 12.0 Å². The number of nitrogens with one attached hydrogen (secondary N) is 1. The molecule has 166 valence electrons. The van der Waals surface area contributed by atoms with Crippen molar-refractivity contribution < 1.29 is 14.3 Å². The first-order chi connectivity index (χ1) is 14.8. The first-order valence-electron chi connectivity index (χ1n) is 11.3. The second kappa shape index (κ2) is 8.91. The zero-order valence-electron chi connectivity index (χ0n) is 19.1. The molecule has 1 amide bonds. The third kappa shape index (κ3) is 5.21. The Bertz CT molecular complexity index is 923. The second-order valence-electron chi connectivity index (χ2n) is 9.68. The molecular weight excluding hydrogens is 388 g/mol. The van der Waals surface area contributed by atoms with Crippen LogP contribution in [-0.4, -0.2) is 36.6 Å². The van der Waals surface area contributed by atoms with E-state index in [2.05, 4.69) is 43.1 Å². The highest BCUT2D eigenvalue weighted by molar-refractivity contribution is 5.94. The Labute approximate surface area is 185 Å². The molecule has 5 nitrogen and oxygen atoms in total. The average molecular weight is 423 g/mol. The molecule has 0 bridgehead atoms. The molecule has 2 aliphatic rings. The summed E-state index contributed by atoms with van der Waals surface area (Å²) >= 11 is 0. The van der Waals surface area contributed by atoms with Crippen molar-refractivity contribution in [3.8, 4) is 11.5 Å². The molecule has 1 fully saturated rings. The minimum atomic E-state index is -0.352. The average Bonchev–Trinajstić information content (AvgIpc) is 2.73. The largest absolute Gasteiger partial charge is 0.497 e. The summed E-state index contributed by atoms with van der Waals surface area (Å²) in [5, 5.41) is 3.22. The van der Waals surface area contributed by atoms with Crippen LogP contribution in [0.5, 0.6) is 11.5 Å². The molecule has 1 N–H and O–H groups in total. The minimum Gasteiger partial charge on any atom is -0.497 e. The fourth-order valence-electron chi connectivity index (χ4n) is 4.78. The van der Waals surface area contributed by atoms with E-state index in [1.165, 1.54) is 18.4 Å². The second-order valence-corrected chi connectivity index (χ2v) is 9.68. The first kappa shape index (κ1) is 21.7. The van der Waals surface area contributed by atoms with Gasteiger partial charge < -0.3 is 14.8 Å². The normalized spacial score (nSPS) is 22.8. The van der Waals surface area contributed by atoms with Gasteiger partial charge in [0.1, 0.15) is 17.1 Å². The van der Waals surface area contributed by atoms with Crippen LogP contribution in [0.25, 0.3) is 0 Å². The number of fused-ring (bicyclic) bond motifs is 1. The molecule has 2 heterocycles. The lowest BCUT2D eigenvalue weighted by molar-refractivity contribution is 0.0618. The lowest BCUT2D eigenvalue weighted by atomic mass is 9.89. The Kier molecular flexibility index (Phi) is 6.24. The molecule has 0 aromatic heterocycles. The summed E-state index contributed by atoms with van der Waals surface area (Å²) in [4.78, 5) is 15.6. The van der Waals surface area contributed by atoms with Gasteiger partial charge in [-0.1, -0.05) is 19.1 Å². The summed E-state index contributed by atoms with van der Waals surface area (Å²) in [5.41, 5.74) is 2.55. The summed E-state index contributed by atoms with van der Waals surface area (Å²) in [5.74, 6) is 2.27. The predicted octanol–water partition coefficient (Wildman–Crippen LogP) is 4.96. The zero-order chi connectivity index (χ0) is 22.0. The maximum Gasteiger partial charge on any atom is 0.251 e. The highest BCUT2D eigenvalue weighted by Gasteiger charge is 2.35. The van der Waals surface area contributed by atoms with Gasteiger partial charge in [-0.3, -0.25) is 9.69 Å². The number of amides is 1. The smallest absolute Gasteiger partial charge is 0.251 e. The van der Waals surface area contributed by atoms with E-state index in [-0.39, 0.29) is 17.6 Å². The topological polar surface area (TPSA) is 50.8 Å². The standard InChI is InChI=1S/C26H34N2O3/c1-18-6-5-13-28(16-18)17-19-7-9-20(10-8-19)25(29)27-23-15-26(2,3)31-24-12-11-21(30-4)14-22(23)24/h7-12,14,18,23H,5-6,13,15-17H2,1-4H3,(H,27,29)/t18-,23+/m0/s1. The lowest BCUT2D eigenvalue weighted by Gasteiger charge is -2.38. The molecule has 0 saturated carbocycles.